The van der Waals surface area contributed by atoms with E-state index in [1.807, 2.05) is 30.3 Å². The van der Waals surface area contributed by atoms with E-state index in [1.54, 1.807) is 0 Å². The highest BCUT2D eigenvalue weighted by Crippen LogP contribution is 2.17. The summed E-state index contributed by atoms with van der Waals surface area (Å²) in [4.78, 5) is 10.8. The molecule has 0 atom stereocenters. The van der Waals surface area contributed by atoms with Crippen molar-refractivity contribution in [1.29, 1.82) is 0 Å². The highest BCUT2D eigenvalue weighted by Gasteiger charge is 2.07. The number of benzene rings is 2. The molecular weight excluding hydrogens is 259 g/mol. The SMILES string of the molecule is O=C(O)c1cc(F)cc(OCCCc2ccccc2)c1. The average Bonchev–Trinajstić information content (AvgIpc) is 2.44. The van der Waals surface area contributed by atoms with E-state index in [-0.39, 0.29) is 11.3 Å². The zero-order chi connectivity index (χ0) is 14.4. The van der Waals surface area contributed by atoms with Crippen molar-refractivity contribution in [1.82, 2.24) is 0 Å². The van der Waals surface area contributed by atoms with Crippen LogP contribution < -0.4 is 4.74 Å². The van der Waals surface area contributed by atoms with Gasteiger partial charge in [-0.05, 0) is 30.5 Å². The summed E-state index contributed by atoms with van der Waals surface area (Å²) in [5, 5.41) is 8.83. The summed E-state index contributed by atoms with van der Waals surface area (Å²) in [6, 6.07) is 13.5. The van der Waals surface area contributed by atoms with E-state index < -0.39 is 11.8 Å². The molecule has 0 fully saturated rings. The Morgan fingerprint density at radius 3 is 2.60 bits per heavy atom. The van der Waals surface area contributed by atoms with Crippen LogP contribution in [0.15, 0.2) is 48.5 Å². The second kappa shape index (κ2) is 6.70. The van der Waals surface area contributed by atoms with Crippen LogP contribution in [0.5, 0.6) is 5.75 Å². The van der Waals surface area contributed by atoms with Crippen LogP contribution in [0.4, 0.5) is 4.39 Å². The summed E-state index contributed by atoms with van der Waals surface area (Å²) >= 11 is 0. The van der Waals surface area contributed by atoms with Gasteiger partial charge in [0.2, 0.25) is 0 Å². The predicted molar refractivity (Wildman–Crippen MR) is 73.6 cm³/mol. The molecule has 2 aromatic rings. The lowest BCUT2D eigenvalue weighted by Crippen LogP contribution is -2.02. The number of carboxylic acid groups (broad SMARTS) is 1. The molecule has 4 heteroatoms. The van der Waals surface area contributed by atoms with Gasteiger partial charge in [0.1, 0.15) is 11.6 Å². The van der Waals surface area contributed by atoms with E-state index in [2.05, 4.69) is 0 Å². The van der Waals surface area contributed by atoms with E-state index >= 15 is 0 Å². The van der Waals surface area contributed by atoms with Crippen molar-refractivity contribution in [3.63, 3.8) is 0 Å². The molecule has 0 radical (unpaired) electrons. The molecule has 2 rings (SSSR count). The summed E-state index contributed by atoms with van der Waals surface area (Å²) in [5.41, 5.74) is 1.10. The van der Waals surface area contributed by atoms with Gasteiger partial charge in [-0.1, -0.05) is 30.3 Å². The Hall–Kier alpha value is -2.36. The van der Waals surface area contributed by atoms with Crippen LogP contribution in [0.2, 0.25) is 0 Å². The zero-order valence-corrected chi connectivity index (χ0v) is 10.9. The first kappa shape index (κ1) is 14.1. The van der Waals surface area contributed by atoms with E-state index in [1.165, 1.54) is 17.7 Å². The fraction of sp³-hybridized carbons (Fsp3) is 0.188. The number of halogens is 1. The maximum atomic E-state index is 13.2. The molecule has 20 heavy (non-hydrogen) atoms. The molecule has 0 aliphatic rings. The third kappa shape index (κ3) is 4.09. The number of carbonyl (C=O) groups is 1. The quantitative estimate of drug-likeness (QED) is 0.820. The normalized spacial score (nSPS) is 10.2. The number of hydrogen-bond acceptors (Lipinski definition) is 2. The lowest BCUT2D eigenvalue weighted by atomic mass is 10.1. The largest absolute Gasteiger partial charge is 0.493 e. The van der Waals surface area contributed by atoms with Crippen LogP contribution in [-0.2, 0) is 6.42 Å². The minimum absolute atomic E-state index is 0.108. The van der Waals surface area contributed by atoms with Gasteiger partial charge < -0.3 is 9.84 Å². The van der Waals surface area contributed by atoms with Crippen molar-refractivity contribution < 1.29 is 19.0 Å². The number of aromatic carboxylic acids is 1. The van der Waals surface area contributed by atoms with Crippen LogP contribution in [0, 0.1) is 5.82 Å². The number of aryl methyl sites for hydroxylation is 1. The van der Waals surface area contributed by atoms with Gasteiger partial charge >= 0.3 is 5.97 Å². The highest BCUT2D eigenvalue weighted by atomic mass is 19.1. The fourth-order valence-electron chi connectivity index (χ4n) is 1.88. The molecule has 104 valence electrons. The molecule has 0 amide bonds. The first-order valence-electron chi connectivity index (χ1n) is 6.36. The molecular formula is C16H15FO3. The van der Waals surface area contributed by atoms with Gasteiger partial charge in [0.25, 0.3) is 0 Å². The maximum Gasteiger partial charge on any atom is 0.335 e. The number of rotatable bonds is 6. The van der Waals surface area contributed by atoms with E-state index in [0.29, 0.717) is 6.61 Å². The molecule has 0 aliphatic heterocycles. The Bertz CT molecular complexity index is 582. The van der Waals surface area contributed by atoms with Gasteiger partial charge in [0, 0.05) is 6.07 Å². The summed E-state index contributed by atoms with van der Waals surface area (Å²) in [6.45, 7) is 0.414. The predicted octanol–water partition coefficient (Wildman–Crippen LogP) is 3.54. The number of carboxylic acids is 1. The Labute approximate surface area is 116 Å². The van der Waals surface area contributed by atoms with Gasteiger partial charge in [-0.2, -0.15) is 0 Å². The maximum absolute atomic E-state index is 13.2. The number of hydrogen-bond donors (Lipinski definition) is 1. The van der Waals surface area contributed by atoms with Crippen LogP contribution >= 0.6 is 0 Å². The molecule has 0 aliphatic carbocycles. The topological polar surface area (TPSA) is 46.5 Å². The minimum atomic E-state index is -1.17. The Morgan fingerprint density at radius 2 is 1.90 bits per heavy atom. The van der Waals surface area contributed by atoms with Crippen molar-refractivity contribution in [3.05, 3.63) is 65.5 Å². The molecule has 3 nitrogen and oxygen atoms in total. The molecule has 0 saturated heterocycles. The van der Waals surface area contributed by atoms with Crippen molar-refractivity contribution in [2.75, 3.05) is 6.61 Å². The third-order valence-corrected chi connectivity index (χ3v) is 2.84. The van der Waals surface area contributed by atoms with Crippen molar-refractivity contribution in [3.8, 4) is 5.75 Å². The lowest BCUT2D eigenvalue weighted by Gasteiger charge is -2.07. The fourth-order valence-corrected chi connectivity index (χ4v) is 1.88. The second-order valence-electron chi connectivity index (χ2n) is 4.42. The first-order chi connectivity index (χ1) is 9.65. The molecule has 0 heterocycles. The van der Waals surface area contributed by atoms with Gasteiger partial charge in [0.15, 0.2) is 0 Å². The summed E-state index contributed by atoms with van der Waals surface area (Å²) < 4.78 is 18.6. The summed E-state index contributed by atoms with van der Waals surface area (Å²) in [5.74, 6) is -1.53. The summed E-state index contributed by atoms with van der Waals surface area (Å²) in [6.07, 6.45) is 1.64. The molecule has 0 bridgehead atoms. The molecule has 2 aromatic carbocycles. The Balaban J connectivity index is 1.86. The Morgan fingerprint density at radius 1 is 1.15 bits per heavy atom. The number of ether oxygens (including phenoxy) is 1. The van der Waals surface area contributed by atoms with Crippen LogP contribution in [0.1, 0.15) is 22.3 Å². The highest BCUT2D eigenvalue weighted by molar-refractivity contribution is 5.88. The van der Waals surface area contributed by atoms with Crippen molar-refractivity contribution in [2.24, 2.45) is 0 Å². The van der Waals surface area contributed by atoms with Gasteiger partial charge in [0.05, 0.1) is 12.2 Å². The third-order valence-electron chi connectivity index (χ3n) is 2.84. The molecule has 0 aromatic heterocycles. The van der Waals surface area contributed by atoms with Crippen molar-refractivity contribution >= 4 is 5.97 Å². The summed E-state index contributed by atoms with van der Waals surface area (Å²) in [7, 11) is 0. The van der Waals surface area contributed by atoms with Gasteiger partial charge in [-0.3, -0.25) is 0 Å². The monoisotopic (exact) mass is 274 g/mol. The molecule has 1 N–H and O–H groups in total. The van der Waals surface area contributed by atoms with Gasteiger partial charge in [-0.15, -0.1) is 0 Å². The first-order valence-corrected chi connectivity index (χ1v) is 6.36. The Kier molecular flexibility index (Phi) is 4.71. The van der Waals surface area contributed by atoms with E-state index in [9.17, 15) is 9.18 Å². The smallest absolute Gasteiger partial charge is 0.335 e. The standard InChI is InChI=1S/C16H15FO3/c17-14-9-13(16(18)19)10-15(11-14)20-8-4-7-12-5-2-1-3-6-12/h1-3,5-6,9-11H,4,7-8H2,(H,18,19). The zero-order valence-electron chi connectivity index (χ0n) is 10.9. The van der Waals surface area contributed by atoms with E-state index in [4.69, 9.17) is 9.84 Å². The molecule has 0 spiro atoms. The second-order valence-corrected chi connectivity index (χ2v) is 4.42. The van der Waals surface area contributed by atoms with Crippen LogP contribution in [0.3, 0.4) is 0 Å². The van der Waals surface area contributed by atoms with Gasteiger partial charge in [-0.25, -0.2) is 9.18 Å². The average molecular weight is 274 g/mol. The molecule has 0 saturated carbocycles. The van der Waals surface area contributed by atoms with Crippen LogP contribution in [-0.4, -0.2) is 17.7 Å². The lowest BCUT2D eigenvalue weighted by molar-refractivity contribution is 0.0695. The molecule has 0 unspecified atom stereocenters. The minimum Gasteiger partial charge on any atom is -0.493 e. The van der Waals surface area contributed by atoms with Crippen LogP contribution in [0.25, 0.3) is 0 Å². The van der Waals surface area contributed by atoms with Crippen molar-refractivity contribution in [2.45, 2.75) is 12.8 Å². The van der Waals surface area contributed by atoms with E-state index in [0.717, 1.165) is 18.9 Å².